The minimum atomic E-state index is 0.0750. The Balaban J connectivity index is 2.38. The Morgan fingerprint density at radius 3 is 2.37 bits per heavy atom. The van der Waals surface area contributed by atoms with Crippen molar-refractivity contribution in [3.63, 3.8) is 0 Å². The maximum absolute atomic E-state index is 12.7. The van der Waals surface area contributed by atoms with Crippen LogP contribution in [0.4, 0.5) is 5.69 Å². The highest BCUT2D eigenvalue weighted by atomic mass is 16.1. The highest BCUT2D eigenvalue weighted by Crippen LogP contribution is 2.39. The van der Waals surface area contributed by atoms with E-state index in [9.17, 15) is 4.79 Å². The van der Waals surface area contributed by atoms with Gasteiger partial charge in [-0.1, -0.05) is 36.9 Å². The van der Waals surface area contributed by atoms with E-state index in [4.69, 9.17) is 0 Å². The first-order valence-corrected chi connectivity index (χ1v) is 6.30. The zero-order valence-electron chi connectivity index (χ0n) is 11.1. The molecule has 0 atom stereocenters. The van der Waals surface area contributed by atoms with Gasteiger partial charge >= 0.3 is 0 Å². The van der Waals surface area contributed by atoms with Crippen LogP contribution in [0.3, 0.4) is 0 Å². The molecule has 0 unspecified atom stereocenters. The van der Waals surface area contributed by atoms with Crippen molar-refractivity contribution in [1.29, 1.82) is 0 Å². The molecule has 2 nitrogen and oxygen atoms in total. The predicted octanol–water partition coefficient (Wildman–Crippen LogP) is 3.64. The van der Waals surface area contributed by atoms with Gasteiger partial charge in [0.15, 0.2) is 5.78 Å². The molecule has 0 radical (unpaired) electrons. The van der Waals surface area contributed by atoms with Crippen LogP contribution in [-0.2, 0) is 0 Å². The van der Waals surface area contributed by atoms with Crippen LogP contribution >= 0.6 is 0 Å². The quantitative estimate of drug-likeness (QED) is 0.713. The van der Waals surface area contributed by atoms with Gasteiger partial charge in [-0.25, -0.2) is 0 Å². The van der Waals surface area contributed by atoms with Crippen LogP contribution in [0.2, 0.25) is 0 Å². The second kappa shape index (κ2) is 4.09. The molecule has 0 saturated heterocycles. The summed E-state index contributed by atoms with van der Waals surface area (Å²) in [6.45, 7) is 6.21. The third-order valence-corrected chi connectivity index (χ3v) is 3.71. The average molecular weight is 249 g/mol. The molecule has 1 N–H and O–H groups in total. The van der Waals surface area contributed by atoms with Crippen molar-refractivity contribution in [3.8, 4) is 0 Å². The van der Waals surface area contributed by atoms with Gasteiger partial charge in [-0.2, -0.15) is 0 Å². The van der Waals surface area contributed by atoms with Gasteiger partial charge < -0.3 is 5.32 Å². The number of hydrogen-bond donors (Lipinski definition) is 1. The van der Waals surface area contributed by atoms with Crippen LogP contribution in [0.25, 0.3) is 5.57 Å². The number of benzene rings is 2. The molecule has 1 aliphatic carbocycles. The van der Waals surface area contributed by atoms with Crippen molar-refractivity contribution in [1.82, 2.24) is 0 Å². The Hall–Kier alpha value is -2.35. The fourth-order valence-electron chi connectivity index (χ4n) is 2.75. The number of fused-ring (bicyclic) bond motifs is 2. The largest absolute Gasteiger partial charge is 0.388 e. The summed E-state index contributed by atoms with van der Waals surface area (Å²) in [6, 6.07) is 11.6. The van der Waals surface area contributed by atoms with Crippen molar-refractivity contribution in [3.05, 3.63) is 70.8 Å². The Labute approximate surface area is 112 Å². The summed E-state index contributed by atoms with van der Waals surface area (Å²) < 4.78 is 0. The van der Waals surface area contributed by atoms with Gasteiger partial charge in [0.1, 0.15) is 0 Å². The maximum atomic E-state index is 12.7. The van der Waals surface area contributed by atoms with Gasteiger partial charge in [-0.05, 0) is 35.3 Å². The minimum absolute atomic E-state index is 0.0750. The predicted molar refractivity (Wildman–Crippen MR) is 78.7 cm³/mol. The van der Waals surface area contributed by atoms with E-state index < -0.39 is 0 Å². The van der Waals surface area contributed by atoms with Crippen molar-refractivity contribution >= 4 is 17.0 Å². The molecule has 0 bridgehead atoms. The van der Waals surface area contributed by atoms with Crippen molar-refractivity contribution in [2.45, 2.75) is 6.92 Å². The van der Waals surface area contributed by atoms with Crippen molar-refractivity contribution < 1.29 is 4.79 Å². The van der Waals surface area contributed by atoms with Crippen LogP contribution in [0.1, 0.15) is 32.6 Å². The van der Waals surface area contributed by atoms with E-state index in [0.29, 0.717) is 0 Å². The molecule has 0 heterocycles. The van der Waals surface area contributed by atoms with E-state index in [1.54, 1.807) is 0 Å². The highest BCUT2D eigenvalue weighted by Gasteiger charge is 2.28. The standard InChI is InChI=1S/C17H15NO/c1-10-8-9-14(18-3)16-15(10)11(2)12-6-4-5-7-13(12)17(16)19/h4-9,18H,2H2,1,3H3. The molecule has 0 aromatic heterocycles. The molecule has 0 fully saturated rings. The molecule has 3 rings (SSSR count). The second-order valence-electron chi connectivity index (χ2n) is 4.78. The van der Waals surface area contributed by atoms with Crippen LogP contribution in [0, 0.1) is 6.92 Å². The lowest BCUT2D eigenvalue weighted by atomic mass is 9.79. The SMILES string of the molecule is C=C1c2ccccc2C(=O)c2c(NC)ccc(C)c21. The average Bonchev–Trinajstić information content (AvgIpc) is 2.44. The zero-order valence-corrected chi connectivity index (χ0v) is 11.1. The molecule has 1 aliphatic rings. The Kier molecular flexibility index (Phi) is 2.53. The van der Waals surface area contributed by atoms with Gasteiger partial charge in [-0.3, -0.25) is 4.79 Å². The summed E-state index contributed by atoms with van der Waals surface area (Å²) in [6.07, 6.45) is 0. The van der Waals surface area contributed by atoms with E-state index in [0.717, 1.165) is 39.1 Å². The molecule has 0 spiro atoms. The maximum Gasteiger partial charge on any atom is 0.196 e. The summed E-state index contributed by atoms with van der Waals surface area (Å²) in [5.74, 6) is 0.0750. The summed E-state index contributed by atoms with van der Waals surface area (Å²) in [4.78, 5) is 12.7. The summed E-state index contributed by atoms with van der Waals surface area (Å²) >= 11 is 0. The van der Waals surface area contributed by atoms with Crippen LogP contribution in [0.5, 0.6) is 0 Å². The fourth-order valence-corrected chi connectivity index (χ4v) is 2.75. The molecular formula is C17H15NO. The molecule has 2 aromatic carbocycles. The lowest BCUT2D eigenvalue weighted by molar-refractivity contribution is 0.103. The molecule has 19 heavy (non-hydrogen) atoms. The van der Waals surface area contributed by atoms with Gasteiger partial charge in [0.05, 0.1) is 5.56 Å². The molecule has 2 aromatic rings. The topological polar surface area (TPSA) is 29.1 Å². The van der Waals surface area contributed by atoms with E-state index >= 15 is 0 Å². The van der Waals surface area contributed by atoms with Gasteiger partial charge in [0, 0.05) is 18.3 Å². The summed E-state index contributed by atoms with van der Waals surface area (Å²) in [7, 11) is 1.83. The summed E-state index contributed by atoms with van der Waals surface area (Å²) in [5, 5.41) is 3.10. The van der Waals surface area contributed by atoms with Gasteiger partial charge in [0.25, 0.3) is 0 Å². The number of rotatable bonds is 1. The third-order valence-electron chi connectivity index (χ3n) is 3.71. The first-order chi connectivity index (χ1) is 9.15. The normalized spacial score (nSPS) is 12.9. The zero-order chi connectivity index (χ0) is 13.6. The molecule has 0 aliphatic heterocycles. The highest BCUT2D eigenvalue weighted by molar-refractivity contribution is 6.21. The van der Waals surface area contributed by atoms with E-state index in [1.165, 1.54) is 0 Å². The van der Waals surface area contributed by atoms with Gasteiger partial charge in [-0.15, -0.1) is 0 Å². The number of carbonyl (C=O) groups excluding carboxylic acids is 1. The molecule has 0 amide bonds. The van der Waals surface area contributed by atoms with Crippen LogP contribution < -0.4 is 5.32 Å². The Morgan fingerprint density at radius 1 is 1.00 bits per heavy atom. The molecular weight excluding hydrogens is 234 g/mol. The number of aryl methyl sites for hydroxylation is 1. The first kappa shape index (κ1) is 11.7. The number of hydrogen-bond acceptors (Lipinski definition) is 2. The first-order valence-electron chi connectivity index (χ1n) is 6.30. The van der Waals surface area contributed by atoms with E-state index in [2.05, 4.69) is 11.9 Å². The lowest BCUT2D eigenvalue weighted by Crippen LogP contribution is -2.17. The van der Waals surface area contributed by atoms with Crippen molar-refractivity contribution in [2.24, 2.45) is 0 Å². The monoisotopic (exact) mass is 249 g/mol. The molecule has 94 valence electrons. The van der Waals surface area contributed by atoms with Crippen molar-refractivity contribution in [2.75, 3.05) is 12.4 Å². The Morgan fingerprint density at radius 2 is 1.68 bits per heavy atom. The molecule has 0 saturated carbocycles. The number of ketones is 1. The number of carbonyl (C=O) groups is 1. The van der Waals surface area contributed by atoms with E-state index in [1.807, 2.05) is 50.4 Å². The third kappa shape index (κ3) is 1.53. The summed E-state index contributed by atoms with van der Waals surface area (Å²) in [5.41, 5.74) is 6.27. The van der Waals surface area contributed by atoms with Gasteiger partial charge in [0.2, 0.25) is 0 Å². The van der Waals surface area contributed by atoms with Crippen LogP contribution in [-0.4, -0.2) is 12.8 Å². The Bertz CT molecular complexity index is 713. The lowest BCUT2D eigenvalue weighted by Gasteiger charge is -2.24. The number of nitrogens with one attached hydrogen (secondary N) is 1. The number of anilines is 1. The van der Waals surface area contributed by atoms with Crippen LogP contribution in [0.15, 0.2) is 43.0 Å². The second-order valence-corrected chi connectivity index (χ2v) is 4.78. The smallest absolute Gasteiger partial charge is 0.196 e. The minimum Gasteiger partial charge on any atom is -0.388 e. The molecule has 2 heteroatoms. The fraction of sp³-hybridized carbons (Fsp3) is 0.118. The van der Waals surface area contributed by atoms with E-state index in [-0.39, 0.29) is 5.78 Å².